The van der Waals surface area contributed by atoms with Gasteiger partial charge in [-0.1, -0.05) is 13.2 Å². The van der Waals surface area contributed by atoms with Crippen molar-refractivity contribution < 1.29 is 82.0 Å². The molecule has 0 aliphatic rings. The number of hydrogen-bond donors (Lipinski definition) is 0. The smallest absolute Gasteiger partial charge is 0.784 e. The van der Waals surface area contributed by atoms with Crippen LogP contribution in [0.25, 0.3) is 0 Å². The van der Waals surface area contributed by atoms with Gasteiger partial charge in [-0.3, -0.25) is 13.8 Å². The van der Waals surface area contributed by atoms with E-state index in [4.69, 9.17) is 22.9 Å². The SMILES string of the molecule is C=CC=O.C=CC=O.O=S([O-])[O-].[Na+].[Na+]. The molecule has 8 heteroatoms. The zero-order chi connectivity index (χ0) is 10.4. The molecule has 0 saturated carbocycles. The van der Waals surface area contributed by atoms with E-state index in [9.17, 15) is 0 Å². The van der Waals surface area contributed by atoms with E-state index < -0.39 is 11.4 Å². The fourth-order valence-electron chi connectivity index (χ4n) is 0. The molecule has 0 aromatic heterocycles. The Bertz CT molecular complexity index is 134. The Morgan fingerprint density at radius 1 is 0.929 bits per heavy atom. The van der Waals surface area contributed by atoms with Gasteiger partial charge in [0.15, 0.2) is 0 Å². The molecule has 0 aliphatic heterocycles. The van der Waals surface area contributed by atoms with Crippen LogP contribution in [0, 0.1) is 0 Å². The molecule has 0 fully saturated rings. The second kappa shape index (κ2) is 37.1. The maximum atomic E-state index is 9.06. The van der Waals surface area contributed by atoms with Crippen LogP contribution >= 0.6 is 0 Å². The van der Waals surface area contributed by atoms with Crippen LogP contribution in [-0.2, 0) is 21.0 Å². The van der Waals surface area contributed by atoms with Gasteiger partial charge >= 0.3 is 59.1 Å². The predicted molar refractivity (Wildman–Crippen MR) is 42.2 cm³/mol. The maximum absolute atomic E-state index is 9.06. The minimum absolute atomic E-state index is 0. The zero-order valence-corrected chi connectivity index (χ0v) is 13.0. The molecule has 0 amide bonds. The van der Waals surface area contributed by atoms with Crippen LogP contribution in [-0.4, -0.2) is 25.9 Å². The molecule has 0 rings (SSSR count). The number of carbonyl (C=O) groups is 2. The first-order chi connectivity index (χ1) is 5.56. The van der Waals surface area contributed by atoms with Crippen molar-refractivity contribution in [3.63, 3.8) is 0 Å². The number of allylic oxidation sites excluding steroid dienone is 2. The average molecular weight is 238 g/mol. The van der Waals surface area contributed by atoms with E-state index in [1.165, 1.54) is 12.2 Å². The molecule has 0 radical (unpaired) electrons. The van der Waals surface area contributed by atoms with Gasteiger partial charge in [0.1, 0.15) is 12.6 Å². The fraction of sp³-hybridized carbons (Fsp3) is 0. The average Bonchev–Trinajstić information content (AvgIpc) is 2.03. The summed E-state index contributed by atoms with van der Waals surface area (Å²) in [6.45, 7) is 6.22. The van der Waals surface area contributed by atoms with E-state index in [0.717, 1.165) is 0 Å². The molecule has 0 saturated heterocycles. The third-order valence-corrected chi connectivity index (χ3v) is 0.192. The van der Waals surface area contributed by atoms with Crippen molar-refractivity contribution in [3.8, 4) is 0 Å². The minimum atomic E-state index is -3.11. The number of hydrogen-bond acceptors (Lipinski definition) is 5. The quantitative estimate of drug-likeness (QED) is 0.206. The van der Waals surface area contributed by atoms with Crippen molar-refractivity contribution in [2.24, 2.45) is 0 Å². The Hall–Kier alpha value is 0.890. The van der Waals surface area contributed by atoms with E-state index >= 15 is 0 Å². The van der Waals surface area contributed by atoms with Gasteiger partial charge in [-0.2, -0.15) is 0 Å². The molecule has 70 valence electrons. The molecule has 5 nitrogen and oxygen atoms in total. The Labute approximate surface area is 130 Å². The van der Waals surface area contributed by atoms with Crippen molar-refractivity contribution >= 4 is 23.9 Å². The van der Waals surface area contributed by atoms with Gasteiger partial charge < -0.3 is 9.11 Å². The molecule has 14 heavy (non-hydrogen) atoms. The first-order valence-electron chi connectivity index (χ1n) is 2.45. The Morgan fingerprint density at radius 3 is 1.00 bits per heavy atom. The van der Waals surface area contributed by atoms with Crippen LogP contribution in [0.5, 0.6) is 0 Å². The van der Waals surface area contributed by atoms with E-state index in [-0.39, 0.29) is 59.1 Å². The topological polar surface area (TPSA) is 97.3 Å². The van der Waals surface area contributed by atoms with Crippen molar-refractivity contribution in [2.75, 3.05) is 0 Å². The molecule has 0 aromatic rings. The van der Waals surface area contributed by atoms with Crippen molar-refractivity contribution in [2.45, 2.75) is 0 Å². The molecule has 0 heterocycles. The van der Waals surface area contributed by atoms with Crippen LogP contribution in [0.15, 0.2) is 25.3 Å². The molecule has 0 bridgehead atoms. The van der Waals surface area contributed by atoms with E-state index in [2.05, 4.69) is 13.2 Å². The molecule has 0 spiro atoms. The molecular formula is C6H8Na2O5S. The predicted octanol–water partition coefficient (Wildman–Crippen LogP) is -6.25. The van der Waals surface area contributed by atoms with Gasteiger partial charge in [0.05, 0.1) is 0 Å². The summed E-state index contributed by atoms with van der Waals surface area (Å²) in [5, 5.41) is 0. The van der Waals surface area contributed by atoms with Crippen LogP contribution in [0.1, 0.15) is 0 Å². The van der Waals surface area contributed by atoms with Gasteiger partial charge in [0.25, 0.3) is 0 Å². The second-order valence-electron chi connectivity index (χ2n) is 0.948. The second-order valence-corrected chi connectivity index (χ2v) is 1.36. The first kappa shape index (κ1) is 29.4. The summed E-state index contributed by atoms with van der Waals surface area (Å²) in [5.74, 6) is 0. The van der Waals surface area contributed by atoms with Crippen molar-refractivity contribution in [1.82, 2.24) is 0 Å². The van der Waals surface area contributed by atoms with Crippen LogP contribution in [0.3, 0.4) is 0 Å². The van der Waals surface area contributed by atoms with Gasteiger partial charge in [0.2, 0.25) is 0 Å². The van der Waals surface area contributed by atoms with Crippen molar-refractivity contribution in [3.05, 3.63) is 25.3 Å². The van der Waals surface area contributed by atoms with Crippen LogP contribution < -0.4 is 59.1 Å². The summed E-state index contributed by atoms with van der Waals surface area (Å²) in [7, 11) is 0. The summed E-state index contributed by atoms with van der Waals surface area (Å²) >= 11 is -3.11. The molecular weight excluding hydrogens is 230 g/mol. The molecule has 0 aromatic carbocycles. The third kappa shape index (κ3) is 218. The summed E-state index contributed by atoms with van der Waals surface area (Å²) in [5.41, 5.74) is 0. The third-order valence-electron chi connectivity index (χ3n) is 0.192. The summed E-state index contributed by atoms with van der Waals surface area (Å²) in [6.07, 6.45) is 3.67. The zero-order valence-electron chi connectivity index (χ0n) is 8.17. The Morgan fingerprint density at radius 2 is 1.00 bits per heavy atom. The molecule has 0 atom stereocenters. The van der Waals surface area contributed by atoms with E-state index in [0.29, 0.717) is 12.6 Å². The molecule has 0 aliphatic carbocycles. The van der Waals surface area contributed by atoms with E-state index in [1.54, 1.807) is 0 Å². The standard InChI is InChI=1S/2C3H4O.2Na.H2O3S/c2*1-2-3-4;;;1-4(2)3/h2*2-3H,1H2;;;(H2,1,2,3)/q;;2*+1;/p-2. The normalized spacial score (nSPS) is 5.36. The van der Waals surface area contributed by atoms with Crippen LogP contribution in [0.4, 0.5) is 0 Å². The summed E-state index contributed by atoms with van der Waals surface area (Å²) in [4.78, 5) is 18.1. The molecule has 0 N–H and O–H groups in total. The Balaban J connectivity index is -0.0000000270. The number of rotatable bonds is 2. The molecule has 0 unspecified atom stereocenters. The number of aldehydes is 2. The fourth-order valence-corrected chi connectivity index (χ4v) is 0. The Kier molecular flexibility index (Phi) is 77.8. The van der Waals surface area contributed by atoms with Gasteiger partial charge in [0, 0.05) is 0 Å². The monoisotopic (exact) mass is 238 g/mol. The number of carbonyl (C=O) groups excluding carboxylic acids is 2. The van der Waals surface area contributed by atoms with Gasteiger partial charge in [-0.05, 0) is 12.2 Å². The van der Waals surface area contributed by atoms with Crippen LogP contribution in [0.2, 0.25) is 0 Å². The van der Waals surface area contributed by atoms with Crippen molar-refractivity contribution in [1.29, 1.82) is 0 Å². The maximum Gasteiger partial charge on any atom is 1.00 e. The first-order valence-corrected chi connectivity index (χ1v) is 3.45. The van der Waals surface area contributed by atoms with E-state index in [1.807, 2.05) is 0 Å². The minimum Gasteiger partial charge on any atom is -0.784 e. The van der Waals surface area contributed by atoms with Gasteiger partial charge in [-0.15, -0.1) is 11.4 Å². The summed E-state index contributed by atoms with van der Waals surface area (Å²) in [6, 6.07) is 0. The summed E-state index contributed by atoms with van der Waals surface area (Å²) < 4.78 is 25.3. The van der Waals surface area contributed by atoms with Gasteiger partial charge in [-0.25, -0.2) is 0 Å². The largest absolute Gasteiger partial charge is 1.00 e.